The Bertz CT molecular complexity index is 260. The molecule has 0 fully saturated rings. The average molecular weight is 220 g/mol. The van der Waals surface area contributed by atoms with Crippen molar-refractivity contribution in [3.63, 3.8) is 0 Å². The zero-order valence-electron chi connectivity index (χ0n) is 7.79. The molecule has 13 heavy (non-hydrogen) atoms. The van der Waals surface area contributed by atoms with Crippen molar-refractivity contribution in [1.29, 1.82) is 0 Å². The van der Waals surface area contributed by atoms with E-state index in [-0.39, 0.29) is 12.1 Å². The minimum absolute atomic E-state index is 0.0625. The minimum atomic E-state index is -0.0625. The van der Waals surface area contributed by atoms with E-state index in [0.29, 0.717) is 0 Å². The summed E-state index contributed by atoms with van der Waals surface area (Å²) in [5, 5.41) is 0. The number of nitrogens with two attached hydrogens (primary N) is 1. The van der Waals surface area contributed by atoms with Crippen molar-refractivity contribution in [2.24, 2.45) is 5.73 Å². The van der Waals surface area contributed by atoms with E-state index in [1.165, 1.54) is 11.3 Å². The second kappa shape index (κ2) is 4.96. The Balaban J connectivity index is 2.71. The molecular weight excluding hydrogens is 206 g/mol. The van der Waals surface area contributed by atoms with Crippen molar-refractivity contribution in [2.75, 3.05) is 7.11 Å². The van der Waals surface area contributed by atoms with Crippen LogP contribution in [0, 0.1) is 0 Å². The molecule has 0 aliphatic rings. The number of halogens is 1. The zero-order chi connectivity index (χ0) is 9.84. The van der Waals surface area contributed by atoms with E-state index in [9.17, 15) is 0 Å². The maximum Gasteiger partial charge on any atom is 0.0931 e. The summed E-state index contributed by atoms with van der Waals surface area (Å²) in [6.07, 6.45) is 0.988. The molecule has 0 bridgehead atoms. The molecule has 0 aromatic carbocycles. The second-order valence-electron chi connectivity index (χ2n) is 2.85. The SMILES string of the molecule is CCC(OC)C(N)c1ccc(Cl)s1. The van der Waals surface area contributed by atoms with Crippen LogP contribution in [0.5, 0.6) is 0 Å². The molecular formula is C9H14ClNOS. The summed E-state index contributed by atoms with van der Waals surface area (Å²) in [5.74, 6) is 0. The van der Waals surface area contributed by atoms with Crippen LogP contribution in [0.4, 0.5) is 0 Å². The molecule has 0 aliphatic carbocycles. The van der Waals surface area contributed by atoms with Gasteiger partial charge in [-0.25, -0.2) is 0 Å². The third-order valence-corrected chi connectivity index (χ3v) is 3.36. The van der Waals surface area contributed by atoms with Crippen LogP contribution in [0.2, 0.25) is 4.34 Å². The van der Waals surface area contributed by atoms with Crippen LogP contribution in [0.1, 0.15) is 24.3 Å². The molecule has 1 aromatic rings. The normalized spacial score (nSPS) is 15.7. The molecule has 1 rings (SSSR count). The quantitative estimate of drug-likeness (QED) is 0.845. The molecule has 2 N–H and O–H groups in total. The van der Waals surface area contributed by atoms with E-state index in [0.717, 1.165) is 15.6 Å². The lowest BCUT2D eigenvalue weighted by molar-refractivity contribution is 0.0781. The minimum Gasteiger partial charge on any atom is -0.379 e. The van der Waals surface area contributed by atoms with Crippen LogP contribution < -0.4 is 5.73 Å². The maximum atomic E-state index is 6.00. The number of rotatable bonds is 4. The first-order chi connectivity index (χ1) is 6.19. The van der Waals surface area contributed by atoms with E-state index in [1.54, 1.807) is 7.11 Å². The van der Waals surface area contributed by atoms with Gasteiger partial charge in [0.2, 0.25) is 0 Å². The lowest BCUT2D eigenvalue weighted by Crippen LogP contribution is -2.26. The van der Waals surface area contributed by atoms with Crippen LogP contribution in [0.15, 0.2) is 12.1 Å². The smallest absolute Gasteiger partial charge is 0.0931 e. The Hall–Kier alpha value is -0.0900. The number of ether oxygens (including phenoxy) is 1. The molecule has 2 unspecified atom stereocenters. The Kier molecular flexibility index (Phi) is 4.19. The highest BCUT2D eigenvalue weighted by Gasteiger charge is 2.18. The molecule has 2 atom stereocenters. The maximum absolute atomic E-state index is 6.00. The van der Waals surface area contributed by atoms with Crippen molar-refractivity contribution >= 4 is 22.9 Å². The van der Waals surface area contributed by atoms with Gasteiger partial charge in [0.05, 0.1) is 16.5 Å². The molecule has 1 aromatic heterocycles. The lowest BCUT2D eigenvalue weighted by atomic mass is 10.1. The number of hydrogen-bond donors (Lipinski definition) is 1. The molecule has 0 spiro atoms. The van der Waals surface area contributed by atoms with Gasteiger partial charge in [0, 0.05) is 12.0 Å². The van der Waals surface area contributed by atoms with E-state index < -0.39 is 0 Å². The summed E-state index contributed by atoms with van der Waals surface area (Å²) < 4.78 is 6.04. The van der Waals surface area contributed by atoms with Gasteiger partial charge in [-0.1, -0.05) is 18.5 Å². The van der Waals surface area contributed by atoms with Crippen molar-refractivity contribution in [1.82, 2.24) is 0 Å². The Morgan fingerprint density at radius 2 is 2.31 bits per heavy atom. The van der Waals surface area contributed by atoms with Crippen LogP contribution in [0.3, 0.4) is 0 Å². The molecule has 0 saturated carbocycles. The highest BCUT2D eigenvalue weighted by atomic mass is 35.5. The summed E-state index contributed by atoms with van der Waals surface area (Å²) in [5.41, 5.74) is 6.00. The molecule has 2 nitrogen and oxygen atoms in total. The lowest BCUT2D eigenvalue weighted by Gasteiger charge is -2.19. The fourth-order valence-electron chi connectivity index (χ4n) is 1.26. The van der Waals surface area contributed by atoms with Crippen LogP contribution in [-0.4, -0.2) is 13.2 Å². The zero-order valence-corrected chi connectivity index (χ0v) is 9.36. The van der Waals surface area contributed by atoms with Crippen molar-refractivity contribution in [2.45, 2.75) is 25.5 Å². The first kappa shape index (κ1) is 11.0. The molecule has 0 radical (unpaired) electrons. The largest absolute Gasteiger partial charge is 0.379 e. The third-order valence-electron chi connectivity index (χ3n) is 2.03. The van der Waals surface area contributed by atoms with E-state index >= 15 is 0 Å². The number of thiophene rings is 1. The van der Waals surface area contributed by atoms with Gasteiger partial charge in [-0.15, -0.1) is 11.3 Å². The summed E-state index contributed by atoms with van der Waals surface area (Å²) in [4.78, 5) is 1.08. The summed E-state index contributed by atoms with van der Waals surface area (Å²) in [7, 11) is 1.68. The van der Waals surface area contributed by atoms with E-state index in [2.05, 4.69) is 6.92 Å². The predicted octanol–water partition coefficient (Wildman–Crippen LogP) is 2.83. The van der Waals surface area contributed by atoms with Gasteiger partial charge in [-0.2, -0.15) is 0 Å². The molecule has 74 valence electrons. The van der Waals surface area contributed by atoms with Gasteiger partial charge < -0.3 is 10.5 Å². The van der Waals surface area contributed by atoms with Crippen molar-refractivity contribution in [3.05, 3.63) is 21.3 Å². The van der Waals surface area contributed by atoms with Gasteiger partial charge in [0.1, 0.15) is 0 Å². The summed E-state index contributed by atoms with van der Waals surface area (Å²) >= 11 is 7.33. The van der Waals surface area contributed by atoms with Gasteiger partial charge in [-0.05, 0) is 18.6 Å². The Morgan fingerprint density at radius 3 is 2.69 bits per heavy atom. The van der Waals surface area contributed by atoms with Gasteiger partial charge in [0.25, 0.3) is 0 Å². The number of hydrogen-bond acceptors (Lipinski definition) is 3. The molecule has 0 aliphatic heterocycles. The Labute approximate surface area is 87.7 Å². The second-order valence-corrected chi connectivity index (χ2v) is 4.60. The fraction of sp³-hybridized carbons (Fsp3) is 0.556. The van der Waals surface area contributed by atoms with Crippen molar-refractivity contribution < 1.29 is 4.74 Å². The van der Waals surface area contributed by atoms with E-state index in [1.807, 2.05) is 12.1 Å². The highest BCUT2D eigenvalue weighted by Crippen LogP contribution is 2.28. The topological polar surface area (TPSA) is 35.2 Å². The van der Waals surface area contributed by atoms with Gasteiger partial charge >= 0.3 is 0 Å². The summed E-state index contributed by atoms with van der Waals surface area (Å²) in [6, 6.07) is 3.76. The van der Waals surface area contributed by atoms with Crippen molar-refractivity contribution in [3.8, 4) is 0 Å². The summed E-state index contributed by atoms with van der Waals surface area (Å²) in [6.45, 7) is 2.06. The van der Waals surface area contributed by atoms with Gasteiger partial charge in [-0.3, -0.25) is 0 Å². The first-order valence-corrected chi connectivity index (χ1v) is 5.42. The standard InChI is InChI=1S/C9H14ClNOS/c1-3-6(12-2)9(11)7-4-5-8(10)13-7/h4-6,9H,3,11H2,1-2H3. The molecule has 0 saturated heterocycles. The van der Waals surface area contributed by atoms with Gasteiger partial charge in [0.15, 0.2) is 0 Å². The first-order valence-electron chi connectivity index (χ1n) is 4.22. The van der Waals surface area contributed by atoms with E-state index in [4.69, 9.17) is 22.1 Å². The number of methoxy groups -OCH3 is 1. The molecule has 0 amide bonds. The molecule has 4 heteroatoms. The van der Waals surface area contributed by atoms with Crippen LogP contribution in [0.25, 0.3) is 0 Å². The monoisotopic (exact) mass is 219 g/mol. The van der Waals surface area contributed by atoms with Crippen LogP contribution in [-0.2, 0) is 4.74 Å². The predicted molar refractivity (Wildman–Crippen MR) is 57.3 cm³/mol. The highest BCUT2D eigenvalue weighted by molar-refractivity contribution is 7.16. The fourth-order valence-corrected chi connectivity index (χ4v) is 2.37. The third kappa shape index (κ3) is 2.68. The van der Waals surface area contributed by atoms with Crippen LogP contribution >= 0.6 is 22.9 Å². The average Bonchev–Trinajstić information content (AvgIpc) is 2.54. The molecule has 1 heterocycles. The Morgan fingerprint density at radius 1 is 1.62 bits per heavy atom.